The molecule has 2 rings (SSSR count). The second-order valence-corrected chi connectivity index (χ2v) is 3.72. The second kappa shape index (κ2) is 4.47. The van der Waals surface area contributed by atoms with Crippen LogP contribution in [0.25, 0.3) is 0 Å². The van der Waals surface area contributed by atoms with Crippen LogP contribution in [0.4, 0.5) is 14.5 Å². The summed E-state index contributed by atoms with van der Waals surface area (Å²) in [6.07, 6.45) is 1.40. The molecule has 0 bridgehead atoms. The van der Waals surface area contributed by atoms with E-state index in [0.29, 0.717) is 18.8 Å². The normalized spacial score (nSPS) is 18.6. The Morgan fingerprint density at radius 1 is 1.50 bits per heavy atom. The number of benzene rings is 1. The summed E-state index contributed by atoms with van der Waals surface area (Å²) in [6.45, 7) is 1.05. The molecule has 86 valence electrons. The van der Waals surface area contributed by atoms with Gasteiger partial charge in [0.1, 0.15) is 24.3 Å². The monoisotopic (exact) mass is 226 g/mol. The Kier molecular flexibility index (Phi) is 3.03. The number of hydrogen-bond acceptors (Lipinski definition) is 3. The second-order valence-electron chi connectivity index (χ2n) is 3.72. The lowest BCUT2D eigenvalue weighted by molar-refractivity contribution is 0.329. The van der Waals surface area contributed by atoms with Gasteiger partial charge in [-0.25, -0.2) is 13.8 Å². The minimum Gasteiger partial charge on any atom is -0.481 e. The topological polar surface area (TPSA) is 24.8 Å². The maximum absolute atomic E-state index is 13.4. The first-order valence-electron chi connectivity index (χ1n) is 4.96. The third-order valence-electron chi connectivity index (χ3n) is 2.44. The smallest absolute Gasteiger partial charge is 0.169 e. The molecule has 0 fully saturated rings. The van der Waals surface area contributed by atoms with Crippen molar-refractivity contribution in [2.24, 2.45) is 4.99 Å². The first kappa shape index (κ1) is 10.9. The first-order valence-corrected chi connectivity index (χ1v) is 4.96. The molecule has 0 spiro atoms. The minimum atomic E-state index is -0.572. The van der Waals surface area contributed by atoms with Crippen LogP contribution in [0.3, 0.4) is 0 Å². The molecule has 0 aliphatic carbocycles. The number of likely N-dealkylation sites (N-methyl/N-ethyl adjacent to an activating group) is 1. The van der Waals surface area contributed by atoms with Crippen molar-refractivity contribution < 1.29 is 13.5 Å². The molecular weight excluding hydrogens is 214 g/mol. The molecule has 0 saturated heterocycles. The molecule has 0 radical (unpaired) electrons. The van der Waals surface area contributed by atoms with Gasteiger partial charge in [0.15, 0.2) is 6.40 Å². The van der Waals surface area contributed by atoms with Crippen LogP contribution >= 0.6 is 0 Å². The van der Waals surface area contributed by atoms with Crippen LogP contribution in [-0.2, 0) is 4.74 Å². The van der Waals surface area contributed by atoms with Gasteiger partial charge >= 0.3 is 0 Å². The predicted octanol–water partition coefficient (Wildman–Crippen LogP) is 1.83. The van der Waals surface area contributed by atoms with Gasteiger partial charge in [-0.1, -0.05) is 0 Å². The zero-order valence-electron chi connectivity index (χ0n) is 8.86. The van der Waals surface area contributed by atoms with Crippen LogP contribution in [0.2, 0.25) is 0 Å². The van der Waals surface area contributed by atoms with Crippen LogP contribution < -0.4 is 4.90 Å². The van der Waals surface area contributed by atoms with Crippen LogP contribution in [0.15, 0.2) is 23.2 Å². The average molecular weight is 226 g/mol. The number of nitrogens with zero attached hydrogens (tertiary/aromatic N) is 2. The molecule has 0 saturated carbocycles. The molecular formula is C11H12F2N2O. The SMILES string of the molecule is CN(CC1COC=N1)c1ccc(F)cc1F. The molecule has 1 heterocycles. The Labute approximate surface area is 92.4 Å². The molecule has 1 aromatic carbocycles. The Hall–Kier alpha value is -1.65. The van der Waals surface area contributed by atoms with Gasteiger partial charge in [-0.05, 0) is 12.1 Å². The lowest BCUT2D eigenvalue weighted by Crippen LogP contribution is -2.29. The number of aliphatic imine (C=N–C) groups is 1. The van der Waals surface area contributed by atoms with E-state index in [4.69, 9.17) is 4.74 Å². The molecule has 0 N–H and O–H groups in total. The number of ether oxygens (including phenoxy) is 1. The highest BCUT2D eigenvalue weighted by Crippen LogP contribution is 2.19. The Morgan fingerprint density at radius 2 is 2.31 bits per heavy atom. The molecule has 3 nitrogen and oxygen atoms in total. The number of rotatable bonds is 3. The Morgan fingerprint density at radius 3 is 2.94 bits per heavy atom. The van der Waals surface area contributed by atoms with Crippen molar-refractivity contribution in [2.45, 2.75) is 6.04 Å². The number of anilines is 1. The summed E-state index contributed by atoms with van der Waals surface area (Å²) in [5.41, 5.74) is 0.364. The fourth-order valence-electron chi connectivity index (χ4n) is 1.63. The maximum Gasteiger partial charge on any atom is 0.169 e. The van der Waals surface area contributed by atoms with Crippen molar-refractivity contribution in [3.63, 3.8) is 0 Å². The van der Waals surface area contributed by atoms with Crippen LogP contribution in [0.5, 0.6) is 0 Å². The van der Waals surface area contributed by atoms with Gasteiger partial charge in [-0.2, -0.15) is 0 Å². The first-order chi connectivity index (χ1) is 7.66. The molecule has 1 atom stereocenters. The number of halogens is 2. The van der Waals surface area contributed by atoms with Crippen molar-refractivity contribution >= 4 is 12.1 Å². The quantitative estimate of drug-likeness (QED) is 0.785. The maximum atomic E-state index is 13.4. The summed E-state index contributed by atoms with van der Waals surface area (Å²) in [4.78, 5) is 5.76. The van der Waals surface area contributed by atoms with Crippen molar-refractivity contribution in [3.05, 3.63) is 29.8 Å². The fraction of sp³-hybridized carbons (Fsp3) is 0.364. The molecule has 1 aliphatic rings. The van der Waals surface area contributed by atoms with E-state index in [1.54, 1.807) is 11.9 Å². The molecule has 0 amide bonds. The van der Waals surface area contributed by atoms with Gasteiger partial charge in [-0.3, -0.25) is 0 Å². The van der Waals surface area contributed by atoms with Crippen LogP contribution in [0, 0.1) is 11.6 Å². The standard InChI is InChI=1S/C11H12F2N2O/c1-15(5-9-6-16-7-14-9)11-3-2-8(12)4-10(11)13/h2-4,7,9H,5-6H2,1H3. The molecule has 1 unspecified atom stereocenters. The molecule has 0 aromatic heterocycles. The van der Waals surface area contributed by atoms with Crippen molar-refractivity contribution in [3.8, 4) is 0 Å². The van der Waals surface area contributed by atoms with E-state index in [0.717, 1.165) is 6.07 Å². The lowest BCUT2D eigenvalue weighted by Gasteiger charge is -2.21. The summed E-state index contributed by atoms with van der Waals surface area (Å²) in [7, 11) is 1.74. The number of hydrogen-bond donors (Lipinski definition) is 0. The van der Waals surface area contributed by atoms with Gasteiger partial charge in [-0.15, -0.1) is 0 Å². The minimum absolute atomic E-state index is 0.00875. The zero-order valence-corrected chi connectivity index (χ0v) is 8.86. The molecule has 5 heteroatoms. The van der Waals surface area contributed by atoms with Gasteiger partial charge in [0, 0.05) is 19.7 Å². The summed E-state index contributed by atoms with van der Waals surface area (Å²) in [6, 6.07) is 3.54. The van der Waals surface area contributed by atoms with E-state index < -0.39 is 11.6 Å². The van der Waals surface area contributed by atoms with Crippen molar-refractivity contribution in [1.82, 2.24) is 0 Å². The predicted molar refractivity (Wildman–Crippen MR) is 57.9 cm³/mol. The molecule has 1 aromatic rings. The van der Waals surface area contributed by atoms with Crippen LogP contribution in [-0.4, -0.2) is 32.6 Å². The average Bonchev–Trinajstić information content (AvgIpc) is 2.70. The molecule has 16 heavy (non-hydrogen) atoms. The highest BCUT2D eigenvalue weighted by molar-refractivity contribution is 5.50. The highest BCUT2D eigenvalue weighted by atomic mass is 19.1. The zero-order chi connectivity index (χ0) is 11.5. The summed E-state index contributed by atoms with van der Waals surface area (Å²) in [5.74, 6) is -1.14. The third kappa shape index (κ3) is 2.29. The summed E-state index contributed by atoms with van der Waals surface area (Å²) >= 11 is 0. The van der Waals surface area contributed by atoms with E-state index in [2.05, 4.69) is 4.99 Å². The molecule has 1 aliphatic heterocycles. The van der Waals surface area contributed by atoms with Crippen molar-refractivity contribution in [2.75, 3.05) is 25.1 Å². The third-order valence-corrected chi connectivity index (χ3v) is 2.44. The Bertz CT molecular complexity index is 409. The van der Waals surface area contributed by atoms with E-state index in [-0.39, 0.29) is 6.04 Å². The lowest BCUT2D eigenvalue weighted by atomic mass is 10.2. The summed E-state index contributed by atoms with van der Waals surface area (Å²) < 4.78 is 31.1. The van der Waals surface area contributed by atoms with Crippen LogP contribution in [0.1, 0.15) is 0 Å². The van der Waals surface area contributed by atoms with Gasteiger partial charge in [0.2, 0.25) is 0 Å². The van der Waals surface area contributed by atoms with E-state index in [1.165, 1.54) is 18.5 Å². The fourth-order valence-corrected chi connectivity index (χ4v) is 1.63. The van der Waals surface area contributed by atoms with Gasteiger partial charge in [0.05, 0.1) is 5.69 Å². The Balaban J connectivity index is 2.07. The van der Waals surface area contributed by atoms with E-state index in [1.807, 2.05) is 0 Å². The van der Waals surface area contributed by atoms with Gasteiger partial charge in [0.25, 0.3) is 0 Å². The van der Waals surface area contributed by atoms with Gasteiger partial charge < -0.3 is 9.64 Å². The largest absolute Gasteiger partial charge is 0.481 e. The highest BCUT2D eigenvalue weighted by Gasteiger charge is 2.16. The summed E-state index contributed by atoms with van der Waals surface area (Å²) in [5, 5.41) is 0. The van der Waals surface area contributed by atoms with Crippen molar-refractivity contribution in [1.29, 1.82) is 0 Å². The van der Waals surface area contributed by atoms with E-state index >= 15 is 0 Å². The van der Waals surface area contributed by atoms with E-state index in [9.17, 15) is 8.78 Å².